The van der Waals surface area contributed by atoms with Crippen LogP contribution in [-0.4, -0.2) is 12.1 Å². The van der Waals surface area contributed by atoms with Crippen LogP contribution in [0.2, 0.25) is 0 Å². The van der Waals surface area contributed by atoms with E-state index in [9.17, 15) is 0 Å². The number of benzene rings is 1. The standard InChI is InChI=1S/C10H10N2O2S/c1-13-7-3-2-4-8(9(7)11)15-10-12-5-6-14-10/h2-6H,11H2,1H3. The largest absolute Gasteiger partial charge is 0.495 e. The molecule has 0 radical (unpaired) electrons. The van der Waals surface area contributed by atoms with Crippen molar-refractivity contribution in [3.05, 3.63) is 30.7 Å². The molecule has 15 heavy (non-hydrogen) atoms. The van der Waals surface area contributed by atoms with Crippen LogP contribution in [0.5, 0.6) is 5.75 Å². The van der Waals surface area contributed by atoms with Gasteiger partial charge in [0.2, 0.25) is 0 Å². The van der Waals surface area contributed by atoms with E-state index in [0.29, 0.717) is 16.7 Å². The molecule has 2 rings (SSSR count). The average molecular weight is 222 g/mol. The molecule has 0 bridgehead atoms. The van der Waals surface area contributed by atoms with Gasteiger partial charge in [0.15, 0.2) is 0 Å². The number of aromatic nitrogens is 1. The Kier molecular flexibility index (Phi) is 2.82. The molecule has 0 unspecified atom stereocenters. The molecule has 0 aliphatic carbocycles. The number of nitrogen functional groups attached to an aromatic ring is 1. The Hall–Kier alpha value is -1.62. The molecule has 4 nitrogen and oxygen atoms in total. The summed E-state index contributed by atoms with van der Waals surface area (Å²) >= 11 is 1.37. The van der Waals surface area contributed by atoms with E-state index in [4.69, 9.17) is 14.9 Å². The van der Waals surface area contributed by atoms with Gasteiger partial charge in [0.25, 0.3) is 5.22 Å². The Bertz CT molecular complexity index is 443. The topological polar surface area (TPSA) is 61.3 Å². The first-order chi connectivity index (χ1) is 7.31. The number of rotatable bonds is 3. The highest BCUT2D eigenvalue weighted by molar-refractivity contribution is 7.99. The van der Waals surface area contributed by atoms with Crippen molar-refractivity contribution in [2.45, 2.75) is 10.1 Å². The summed E-state index contributed by atoms with van der Waals surface area (Å²) in [6.07, 6.45) is 3.12. The zero-order valence-electron chi connectivity index (χ0n) is 8.14. The van der Waals surface area contributed by atoms with Crippen molar-refractivity contribution in [1.29, 1.82) is 0 Å². The molecule has 0 saturated carbocycles. The zero-order valence-corrected chi connectivity index (χ0v) is 8.95. The minimum absolute atomic E-state index is 0.565. The van der Waals surface area contributed by atoms with Gasteiger partial charge in [0, 0.05) is 4.90 Å². The van der Waals surface area contributed by atoms with Crippen molar-refractivity contribution in [1.82, 2.24) is 4.98 Å². The maximum absolute atomic E-state index is 5.90. The maximum atomic E-state index is 5.90. The molecule has 78 valence electrons. The normalized spacial score (nSPS) is 10.2. The van der Waals surface area contributed by atoms with E-state index in [2.05, 4.69) is 4.98 Å². The molecule has 0 spiro atoms. The average Bonchev–Trinajstić information content (AvgIpc) is 2.74. The molecule has 0 atom stereocenters. The SMILES string of the molecule is COc1cccc(Sc2ncco2)c1N. The summed E-state index contributed by atoms with van der Waals surface area (Å²) in [6.45, 7) is 0. The summed E-state index contributed by atoms with van der Waals surface area (Å²) in [6, 6.07) is 5.59. The number of anilines is 1. The number of ether oxygens (including phenoxy) is 1. The fraction of sp³-hybridized carbons (Fsp3) is 0.100. The Morgan fingerprint density at radius 3 is 3.00 bits per heavy atom. The second-order valence-corrected chi connectivity index (χ2v) is 3.77. The Labute approximate surface area is 91.4 Å². The lowest BCUT2D eigenvalue weighted by atomic mass is 10.3. The van der Waals surface area contributed by atoms with Crippen LogP contribution in [0.3, 0.4) is 0 Å². The smallest absolute Gasteiger partial charge is 0.260 e. The highest BCUT2D eigenvalue weighted by Crippen LogP contribution is 2.35. The number of hydrogen-bond donors (Lipinski definition) is 1. The van der Waals surface area contributed by atoms with E-state index in [1.807, 2.05) is 18.2 Å². The summed E-state index contributed by atoms with van der Waals surface area (Å²) in [7, 11) is 1.59. The molecule has 0 aliphatic heterocycles. The number of nitrogens with two attached hydrogens (primary N) is 1. The summed E-state index contributed by atoms with van der Waals surface area (Å²) < 4.78 is 10.2. The van der Waals surface area contributed by atoms with E-state index in [0.717, 1.165) is 4.90 Å². The van der Waals surface area contributed by atoms with Gasteiger partial charge in [-0.3, -0.25) is 0 Å². The molecule has 2 N–H and O–H groups in total. The van der Waals surface area contributed by atoms with E-state index in [-0.39, 0.29) is 0 Å². The summed E-state index contributed by atoms with van der Waals surface area (Å²) in [5.74, 6) is 0.659. The van der Waals surface area contributed by atoms with Gasteiger partial charge in [0.1, 0.15) is 12.0 Å². The van der Waals surface area contributed by atoms with E-state index in [1.54, 1.807) is 13.3 Å². The predicted octanol–water partition coefficient (Wildman–Crippen LogP) is 2.42. The van der Waals surface area contributed by atoms with Crippen LogP contribution < -0.4 is 10.5 Å². The van der Waals surface area contributed by atoms with Gasteiger partial charge < -0.3 is 14.9 Å². The van der Waals surface area contributed by atoms with Crippen LogP contribution >= 0.6 is 11.8 Å². The molecule has 1 aromatic heterocycles. The molecule has 1 heterocycles. The lowest BCUT2D eigenvalue weighted by Crippen LogP contribution is -1.93. The number of oxazole rings is 1. The summed E-state index contributed by atoms with van der Waals surface area (Å²) in [5, 5.41) is 0.565. The minimum atomic E-state index is 0.565. The lowest BCUT2D eigenvalue weighted by molar-refractivity contribution is 0.416. The molecule has 5 heteroatoms. The number of nitrogens with zero attached hydrogens (tertiary/aromatic N) is 1. The van der Waals surface area contributed by atoms with Gasteiger partial charge in [-0.05, 0) is 23.9 Å². The third-order valence-electron chi connectivity index (χ3n) is 1.85. The first kappa shape index (κ1) is 9.92. The van der Waals surface area contributed by atoms with Crippen LogP contribution in [0.1, 0.15) is 0 Å². The summed E-state index contributed by atoms with van der Waals surface area (Å²) in [5.41, 5.74) is 6.50. The van der Waals surface area contributed by atoms with Gasteiger partial charge in [-0.25, -0.2) is 4.98 Å². The first-order valence-corrected chi connectivity index (χ1v) is 5.12. The first-order valence-electron chi connectivity index (χ1n) is 4.31. The van der Waals surface area contributed by atoms with E-state index < -0.39 is 0 Å². The molecular weight excluding hydrogens is 212 g/mol. The van der Waals surface area contributed by atoms with Crippen molar-refractivity contribution in [3.8, 4) is 5.75 Å². The Morgan fingerprint density at radius 1 is 1.47 bits per heavy atom. The molecule has 0 fully saturated rings. The molecule has 0 saturated heterocycles. The van der Waals surface area contributed by atoms with Crippen molar-refractivity contribution >= 4 is 17.4 Å². The molecular formula is C10H10N2O2S. The molecule has 2 aromatic rings. The monoisotopic (exact) mass is 222 g/mol. The van der Waals surface area contributed by atoms with E-state index in [1.165, 1.54) is 18.0 Å². The van der Waals surface area contributed by atoms with Crippen LogP contribution in [0.15, 0.2) is 45.2 Å². The van der Waals surface area contributed by atoms with Crippen LogP contribution in [-0.2, 0) is 0 Å². The maximum Gasteiger partial charge on any atom is 0.260 e. The van der Waals surface area contributed by atoms with Crippen molar-refractivity contribution in [2.75, 3.05) is 12.8 Å². The Balaban J connectivity index is 2.29. The van der Waals surface area contributed by atoms with Gasteiger partial charge in [0.05, 0.1) is 19.0 Å². The van der Waals surface area contributed by atoms with Crippen LogP contribution in [0, 0.1) is 0 Å². The highest BCUT2D eigenvalue weighted by atomic mass is 32.2. The van der Waals surface area contributed by atoms with Gasteiger partial charge in [-0.1, -0.05) is 6.07 Å². The highest BCUT2D eigenvalue weighted by Gasteiger charge is 2.08. The van der Waals surface area contributed by atoms with E-state index >= 15 is 0 Å². The van der Waals surface area contributed by atoms with Gasteiger partial charge in [-0.15, -0.1) is 0 Å². The van der Waals surface area contributed by atoms with Crippen molar-refractivity contribution < 1.29 is 9.15 Å². The second-order valence-electron chi connectivity index (χ2n) is 2.77. The molecule has 0 aliphatic rings. The van der Waals surface area contributed by atoms with Crippen molar-refractivity contribution in [2.24, 2.45) is 0 Å². The van der Waals surface area contributed by atoms with Gasteiger partial charge in [-0.2, -0.15) is 0 Å². The van der Waals surface area contributed by atoms with Crippen LogP contribution in [0.25, 0.3) is 0 Å². The second kappa shape index (κ2) is 4.27. The summed E-state index contributed by atoms with van der Waals surface area (Å²) in [4.78, 5) is 4.88. The third-order valence-corrected chi connectivity index (χ3v) is 2.81. The Morgan fingerprint density at radius 2 is 2.33 bits per heavy atom. The van der Waals surface area contributed by atoms with Crippen LogP contribution in [0.4, 0.5) is 5.69 Å². The fourth-order valence-corrected chi connectivity index (χ4v) is 1.91. The minimum Gasteiger partial charge on any atom is -0.495 e. The zero-order chi connectivity index (χ0) is 10.7. The van der Waals surface area contributed by atoms with Crippen molar-refractivity contribution in [3.63, 3.8) is 0 Å². The fourth-order valence-electron chi connectivity index (χ4n) is 1.15. The number of hydrogen-bond acceptors (Lipinski definition) is 5. The quantitative estimate of drug-likeness (QED) is 0.808. The third kappa shape index (κ3) is 2.07. The molecule has 1 aromatic carbocycles. The molecule has 0 amide bonds. The predicted molar refractivity (Wildman–Crippen MR) is 58.0 cm³/mol. The van der Waals surface area contributed by atoms with Gasteiger partial charge >= 0.3 is 0 Å². The number of methoxy groups -OCH3 is 1. The lowest BCUT2D eigenvalue weighted by Gasteiger charge is -2.07. The number of para-hydroxylation sites is 1.